The molecule has 2 N–H and O–H groups in total. The first-order valence-corrected chi connectivity index (χ1v) is 5.36. The number of alkyl halides is 1. The minimum absolute atomic E-state index is 0.0332. The number of hydrogen-bond acceptors (Lipinski definition) is 3. The summed E-state index contributed by atoms with van der Waals surface area (Å²) in [5, 5.41) is 0.0332. The third-order valence-electron chi connectivity index (χ3n) is 1.53. The molecule has 0 aliphatic rings. The second-order valence-corrected chi connectivity index (χ2v) is 4.39. The summed E-state index contributed by atoms with van der Waals surface area (Å²) in [6, 6.07) is 0. The molecule has 0 radical (unpaired) electrons. The predicted molar refractivity (Wildman–Crippen MR) is 61.0 cm³/mol. The minimum atomic E-state index is -0.0936. The van der Waals surface area contributed by atoms with Crippen molar-refractivity contribution in [1.82, 2.24) is 0 Å². The van der Waals surface area contributed by atoms with Gasteiger partial charge in [0, 0.05) is 17.5 Å². The first-order chi connectivity index (χ1) is 5.97. The summed E-state index contributed by atoms with van der Waals surface area (Å²) < 4.78 is 5.51. The Hall–Kier alpha value is -0.0200. The highest BCUT2D eigenvalue weighted by Gasteiger charge is 2.10. The van der Waals surface area contributed by atoms with Crippen molar-refractivity contribution >= 4 is 24.2 Å². The highest BCUT2D eigenvalue weighted by molar-refractivity contribution is 7.80. The molecule has 0 aliphatic heterocycles. The first-order valence-electron chi connectivity index (χ1n) is 4.41. The minimum Gasteiger partial charge on any atom is -0.483 e. The Labute approximate surface area is 90.9 Å². The Morgan fingerprint density at radius 1 is 1.62 bits per heavy atom. The largest absolute Gasteiger partial charge is 0.483 e. The van der Waals surface area contributed by atoms with Crippen LogP contribution in [0.3, 0.4) is 0 Å². The summed E-state index contributed by atoms with van der Waals surface area (Å²) in [7, 11) is 0. The number of halogens is 1. The normalized spacial score (nSPS) is 17.6. The van der Waals surface area contributed by atoms with E-state index in [9.17, 15) is 0 Å². The lowest BCUT2D eigenvalue weighted by molar-refractivity contribution is 0.172. The zero-order chi connectivity index (χ0) is 10.4. The van der Waals surface area contributed by atoms with Gasteiger partial charge < -0.3 is 10.5 Å². The van der Waals surface area contributed by atoms with Gasteiger partial charge in [0.1, 0.15) is 11.2 Å². The number of hydrogen-bond donors (Lipinski definition) is 2. The summed E-state index contributed by atoms with van der Waals surface area (Å²) in [6.07, 6.45) is 1.50. The molecule has 0 aromatic heterocycles. The van der Waals surface area contributed by atoms with Crippen LogP contribution in [0.2, 0.25) is 0 Å². The van der Waals surface area contributed by atoms with Crippen molar-refractivity contribution in [1.29, 1.82) is 0 Å². The van der Waals surface area contributed by atoms with E-state index in [0.717, 1.165) is 12.2 Å². The monoisotopic (exact) mass is 223 g/mol. The van der Waals surface area contributed by atoms with E-state index in [4.69, 9.17) is 22.1 Å². The summed E-state index contributed by atoms with van der Waals surface area (Å²) in [5.41, 5.74) is 6.24. The Morgan fingerprint density at radius 2 is 2.15 bits per heavy atom. The topological polar surface area (TPSA) is 35.2 Å². The van der Waals surface area contributed by atoms with Crippen LogP contribution in [0.25, 0.3) is 0 Å². The SMILES string of the molecule is CCC(S)O/C(CC(C)Cl)=C(/C)N. The Kier molecular flexibility index (Phi) is 6.43. The number of nitrogens with two attached hydrogens (primary N) is 1. The fourth-order valence-electron chi connectivity index (χ4n) is 0.805. The van der Waals surface area contributed by atoms with Gasteiger partial charge in [-0.25, -0.2) is 0 Å². The van der Waals surface area contributed by atoms with Crippen molar-refractivity contribution in [2.75, 3.05) is 0 Å². The molecule has 0 heterocycles. The third kappa shape index (κ3) is 6.11. The van der Waals surface area contributed by atoms with E-state index in [2.05, 4.69) is 12.6 Å². The quantitative estimate of drug-likeness (QED) is 0.325. The highest BCUT2D eigenvalue weighted by atomic mass is 35.5. The van der Waals surface area contributed by atoms with Crippen molar-refractivity contribution in [2.24, 2.45) is 5.73 Å². The third-order valence-corrected chi connectivity index (χ3v) is 2.16. The van der Waals surface area contributed by atoms with Crippen LogP contribution in [0.4, 0.5) is 0 Å². The van der Waals surface area contributed by atoms with Crippen molar-refractivity contribution in [3.8, 4) is 0 Å². The van der Waals surface area contributed by atoms with Gasteiger partial charge in [-0.15, -0.1) is 24.2 Å². The predicted octanol–water partition coefficient (Wildman–Crippen LogP) is 2.88. The lowest BCUT2D eigenvalue weighted by Gasteiger charge is -2.17. The van der Waals surface area contributed by atoms with Crippen LogP contribution in [-0.4, -0.2) is 10.8 Å². The number of allylic oxidation sites excluding steroid dienone is 2. The van der Waals surface area contributed by atoms with Crippen LogP contribution in [0, 0.1) is 0 Å². The van der Waals surface area contributed by atoms with Crippen LogP contribution in [0.15, 0.2) is 11.5 Å². The molecule has 0 fully saturated rings. The maximum absolute atomic E-state index is 5.85. The van der Waals surface area contributed by atoms with E-state index in [1.54, 1.807) is 0 Å². The van der Waals surface area contributed by atoms with Crippen molar-refractivity contribution in [3.05, 3.63) is 11.5 Å². The molecule has 78 valence electrons. The Morgan fingerprint density at radius 3 is 2.46 bits per heavy atom. The number of rotatable bonds is 5. The van der Waals surface area contributed by atoms with Gasteiger partial charge >= 0.3 is 0 Å². The molecule has 2 atom stereocenters. The van der Waals surface area contributed by atoms with E-state index >= 15 is 0 Å². The van der Waals surface area contributed by atoms with Gasteiger partial charge in [-0.3, -0.25) is 0 Å². The summed E-state index contributed by atoms with van der Waals surface area (Å²) in [4.78, 5) is 0. The molecule has 2 unspecified atom stereocenters. The maximum atomic E-state index is 5.85. The maximum Gasteiger partial charge on any atom is 0.141 e. The van der Waals surface area contributed by atoms with Gasteiger partial charge in [0.2, 0.25) is 0 Å². The van der Waals surface area contributed by atoms with Crippen LogP contribution in [0.5, 0.6) is 0 Å². The van der Waals surface area contributed by atoms with Gasteiger partial charge in [-0.1, -0.05) is 6.92 Å². The van der Waals surface area contributed by atoms with E-state index < -0.39 is 0 Å². The van der Waals surface area contributed by atoms with Crippen molar-refractivity contribution in [3.63, 3.8) is 0 Å². The standard InChI is InChI=1S/C9H18ClNOS/c1-4-9(13)12-8(7(3)11)5-6(2)10/h6,9,13H,4-5,11H2,1-3H3/b8-7-. The van der Waals surface area contributed by atoms with Gasteiger partial charge in [0.25, 0.3) is 0 Å². The lowest BCUT2D eigenvalue weighted by atomic mass is 10.2. The fraction of sp³-hybridized carbons (Fsp3) is 0.778. The van der Waals surface area contributed by atoms with Crippen molar-refractivity contribution < 1.29 is 4.74 Å². The van der Waals surface area contributed by atoms with Gasteiger partial charge in [-0.2, -0.15) is 0 Å². The van der Waals surface area contributed by atoms with Crippen LogP contribution in [-0.2, 0) is 4.74 Å². The fourth-order valence-corrected chi connectivity index (χ4v) is 1.07. The second kappa shape index (κ2) is 6.44. The molecule has 0 spiro atoms. The Bertz CT molecular complexity index is 178. The zero-order valence-electron chi connectivity index (χ0n) is 8.38. The molecule has 0 saturated heterocycles. The van der Waals surface area contributed by atoms with Gasteiger partial charge in [0.15, 0.2) is 0 Å². The number of thiol groups is 1. The average Bonchev–Trinajstić information content (AvgIpc) is 2.02. The van der Waals surface area contributed by atoms with Crippen LogP contribution in [0.1, 0.15) is 33.6 Å². The molecular weight excluding hydrogens is 206 g/mol. The summed E-state index contributed by atoms with van der Waals surface area (Å²) in [5.74, 6) is 0.754. The van der Waals surface area contributed by atoms with Crippen LogP contribution < -0.4 is 5.73 Å². The second-order valence-electron chi connectivity index (χ2n) is 3.07. The smallest absolute Gasteiger partial charge is 0.141 e. The Balaban J connectivity index is 4.21. The molecule has 2 nitrogen and oxygen atoms in total. The molecule has 0 aromatic rings. The zero-order valence-corrected chi connectivity index (χ0v) is 10.0. The first kappa shape index (κ1) is 13.0. The summed E-state index contributed by atoms with van der Waals surface area (Å²) >= 11 is 10.1. The molecule has 4 heteroatoms. The van der Waals surface area contributed by atoms with Crippen molar-refractivity contribution in [2.45, 2.75) is 44.4 Å². The van der Waals surface area contributed by atoms with E-state index in [1.165, 1.54) is 0 Å². The highest BCUT2D eigenvalue weighted by Crippen LogP contribution is 2.18. The van der Waals surface area contributed by atoms with E-state index in [1.807, 2.05) is 20.8 Å². The molecule has 0 rings (SSSR count). The lowest BCUT2D eigenvalue weighted by Crippen LogP contribution is -2.11. The molecule has 0 aromatic carbocycles. The molecule has 13 heavy (non-hydrogen) atoms. The number of ether oxygens (including phenoxy) is 1. The molecule has 0 bridgehead atoms. The van der Waals surface area contributed by atoms with Crippen LogP contribution >= 0.6 is 24.2 Å². The molecule has 0 amide bonds. The molecule has 0 aliphatic carbocycles. The molecule has 0 saturated carbocycles. The van der Waals surface area contributed by atoms with E-state index in [0.29, 0.717) is 12.1 Å². The van der Waals surface area contributed by atoms with Gasteiger partial charge in [-0.05, 0) is 20.3 Å². The van der Waals surface area contributed by atoms with E-state index in [-0.39, 0.29) is 10.8 Å². The van der Waals surface area contributed by atoms with Gasteiger partial charge in [0.05, 0.1) is 0 Å². The summed E-state index contributed by atoms with van der Waals surface area (Å²) in [6.45, 7) is 5.73. The average molecular weight is 224 g/mol. The molecular formula is C9H18ClNOS.